The molecule has 54 heavy (non-hydrogen) atoms. The molecule has 5 aromatic rings. The number of carbonyl (C=O) groups is 1. The second kappa shape index (κ2) is 18.4. The molecule has 0 saturated heterocycles. The fourth-order valence-corrected chi connectivity index (χ4v) is 6.64. The molecule has 0 aliphatic heterocycles. The van der Waals surface area contributed by atoms with Gasteiger partial charge in [-0.3, -0.25) is 14.1 Å². The Balaban J connectivity index is 0.00000392. The van der Waals surface area contributed by atoms with Crippen LogP contribution in [-0.2, 0) is 20.2 Å². The van der Waals surface area contributed by atoms with E-state index in [2.05, 4.69) is 36.1 Å². The molecule has 0 aliphatic rings. The van der Waals surface area contributed by atoms with Crippen LogP contribution in [0.15, 0.2) is 114 Å². The molecule has 0 unspecified atom stereocenters. The van der Waals surface area contributed by atoms with Crippen LogP contribution in [0.2, 0.25) is 10.0 Å². The van der Waals surface area contributed by atoms with Crippen molar-refractivity contribution in [2.45, 2.75) is 23.6 Å². The van der Waals surface area contributed by atoms with Crippen LogP contribution in [0, 0.1) is 6.92 Å². The molecule has 22 heteroatoms. The number of rotatable bonds is 9. The van der Waals surface area contributed by atoms with Gasteiger partial charge in [0.25, 0.3) is 20.2 Å². The Hall–Kier alpha value is -3.50. The van der Waals surface area contributed by atoms with Crippen molar-refractivity contribution in [2.24, 2.45) is 25.4 Å². The van der Waals surface area contributed by atoms with E-state index in [9.17, 15) is 40.9 Å². The minimum Gasteiger partial charge on any atom is -0.871 e. The molecule has 0 radical (unpaired) electrons. The van der Waals surface area contributed by atoms with E-state index < -0.39 is 47.5 Å². The maximum Gasteiger partial charge on any atom is 1.00 e. The zero-order valence-corrected chi connectivity index (χ0v) is 35.7. The molecule has 5 rings (SSSR count). The zero-order chi connectivity index (χ0) is 38.0. The van der Waals surface area contributed by atoms with Gasteiger partial charge in [-0.1, -0.05) is 35.0 Å². The van der Waals surface area contributed by atoms with Gasteiger partial charge >= 0.3 is 65.1 Å². The molecule has 16 nitrogen and oxygen atoms in total. The quantitative estimate of drug-likeness (QED) is 0.0556. The first-order chi connectivity index (χ1) is 24.4. The van der Waals surface area contributed by atoms with Gasteiger partial charge in [-0.05, 0) is 109 Å². The first-order valence-corrected chi connectivity index (χ1v) is 18.1. The van der Waals surface area contributed by atoms with Gasteiger partial charge in [0.1, 0.15) is 15.5 Å². The number of nitrogens with zero attached hydrogens (tertiary/aromatic N) is 5. The van der Waals surface area contributed by atoms with Crippen LogP contribution in [0.25, 0.3) is 10.8 Å². The van der Waals surface area contributed by atoms with E-state index in [1.54, 1.807) is 6.92 Å². The molecule has 0 atom stereocenters. The van der Waals surface area contributed by atoms with Gasteiger partial charge in [-0.25, -0.2) is 4.79 Å². The van der Waals surface area contributed by atoms with Gasteiger partial charge in [0.15, 0.2) is 0 Å². The number of aryl methyl sites for hydroxylation is 1. The van der Waals surface area contributed by atoms with Crippen molar-refractivity contribution >= 4 is 106 Å². The minimum atomic E-state index is -5.00. The van der Waals surface area contributed by atoms with Crippen molar-refractivity contribution in [3.8, 4) is 5.75 Å². The molecule has 0 spiro atoms. The molecule has 0 fully saturated rings. The summed E-state index contributed by atoms with van der Waals surface area (Å²) in [5, 5.41) is 45.2. The first-order valence-electron chi connectivity index (χ1n) is 14.5. The molecule has 0 heterocycles. The second-order valence-electron chi connectivity index (χ2n) is 10.8. The van der Waals surface area contributed by atoms with Gasteiger partial charge in [0, 0.05) is 16.4 Å². The number of hydrogen-bond acceptors (Lipinski definition) is 12. The van der Waals surface area contributed by atoms with Gasteiger partial charge < -0.3 is 20.8 Å². The van der Waals surface area contributed by atoms with E-state index in [1.807, 2.05) is 0 Å². The van der Waals surface area contributed by atoms with E-state index in [-0.39, 0.29) is 109 Å². The van der Waals surface area contributed by atoms with Crippen LogP contribution < -0.4 is 80.0 Å². The Morgan fingerprint density at radius 1 is 0.722 bits per heavy atom. The number of carbonyl (C=O) groups excluding carboxylic acids is 1. The predicted molar refractivity (Wildman–Crippen MR) is 191 cm³/mol. The van der Waals surface area contributed by atoms with E-state index in [4.69, 9.17) is 23.2 Å². The molecule has 5 aromatic carbocycles. The van der Waals surface area contributed by atoms with Crippen molar-refractivity contribution in [1.29, 1.82) is 0 Å². The summed E-state index contributed by atoms with van der Waals surface area (Å²) >= 11 is 11.9. The smallest absolute Gasteiger partial charge is 0.871 e. The monoisotopic (exact) mass is 829 g/mol. The van der Waals surface area contributed by atoms with Crippen LogP contribution in [0.4, 0.5) is 44.6 Å². The summed E-state index contributed by atoms with van der Waals surface area (Å²) in [4.78, 5) is 14.9. The van der Waals surface area contributed by atoms with Crippen molar-refractivity contribution in [3.63, 3.8) is 0 Å². The summed E-state index contributed by atoms with van der Waals surface area (Å²) in [6.07, 6.45) is 0. The van der Waals surface area contributed by atoms with Crippen LogP contribution in [0.3, 0.4) is 0 Å². The zero-order valence-electron chi connectivity index (χ0n) is 28.6. The predicted octanol–water partition coefficient (Wildman–Crippen LogP) is 1.92. The molecule has 0 aliphatic carbocycles. The second-order valence-corrected chi connectivity index (χ2v) is 14.4. The van der Waals surface area contributed by atoms with Gasteiger partial charge in [-0.15, -0.1) is 10.2 Å². The SMILES string of the molecule is CC([O-])=Nc1ccc(NC(=O)Nc2ccc3c([O-])c(N=Nc4ccc(N=Nc5c(Cl)cc(Cl)cc5S(=O)(=O)O)c(C)c4)c(S(=O)(=O)O)cc3c2)cc1.[Na+].[Na+]. The number of halogens is 2. The summed E-state index contributed by atoms with van der Waals surface area (Å²) < 4.78 is 67.8. The number of aliphatic imine (C=N–C) groups is 1. The van der Waals surface area contributed by atoms with Crippen LogP contribution >= 0.6 is 23.2 Å². The molecule has 0 bridgehead atoms. The topological polar surface area (TPSA) is 258 Å². The Morgan fingerprint density at radius 3 is 1.91 bits per heavy atom. The summed E-state index contributed by atoms with van der Waals surface area (Å²) in [5.41, 5.74) is 0.727. The Morgan fingerprint density at radius 2 is 1.30 bits per heavy atom. The molecular weight excluding hydrogens is 807 g/mol. The maximum absolute atomic E-state index is 13.4. The number of benzene rings is 5. The summed E-state index contributed by atoms with van der Waals surface area (Å²) in [6, 6.07) is 17.0. The number of urea groups is 1. The Labute approximate surface area is 362 Å². The van der Waals surface area contributed by atoms with Crippen molar-refractivity contribution in [3.05, 3.63) is 94.5 Å². The summed E-state index contributed by atoms with van der Waals surface area (Å²) in [7, 11) is -9.75. The molecule has 2 amide bonds. The number of hydrogen-bond donors (Lipinski definition) is 4. The number of nitrogens with one attached hydrogen (secondary N) is 2. The average molecular weight is 831 g/mol. The van der Waals surface area contributed by atoms with Crippen molar-refractivity contribution < 1.29 is 100 Å². The Kier molecular flexibility index (Phi) is 15.3. The molecular formula is C32H23Cl2N7Na2O9S2. The standard InChI is InChI=1S/C32H25Cl2N7O9S2.2Na/c1-16-11-23(8-10-26(16)39-40-29-25(34)14-19(33)15-28(29)52(48,49)50)38-41-30-27(51(45,46)47)13-18-12-22(7-9-24(18)31(30)43)37-32(44)36-21-5-3-20(4-6-21)35-17(2)42;;/h3-15,43H,1-2H3,(H,35,42)(H2,36,37,44)(H,45,46,47)(H,48,49,50);;/q;2*+1/p-2. The number of fused-ring (bicyclic) bond motifs is 1. The fraction of sp³-hybridized carbons (Fsp3) is 0.0625. The normalized spacial score (nSPS) is 12.1. The van der Waals surface area contributed by atoms with Gasteiger partial charge in [0.2, 0.25) is 0 Å². The van der Waals surface area contributed by atoms with E-state index in [0.717, 1.165) is 12.1 Å². The van der Waals surface area contributed by atoms with E-state index >= 15 is 0 Å². The largest absolute Gasteiger partial charge is 1.00 e. The third kappa shape index (κ3) is 11.3. The van der Waals surface area contributed by atoms with E-state index in [1.165, 1.54) is 73.7 Å². The molecule has 4 N–H and O–H groups in total. The molecule has 0 aromatic heterocycles. The third-order valence-corrected chi connectivity index (χ3v) is 9.19. The first kappa shape index (κ1) is 44.9. The third-order valence-electron chi connectivity index (χ3n) is 6.95. The van der Waals surface area contributed by atoms with E-state index in [0.29, 0.717) is 16.9 Å². The molecule has 0 saturated carbocycles. The summed E-state index contributed by atoms with van der Waals surface area (Å²) in [6.45, 7) is 2.90. The maximum atomic E-state index is 13.4. The van der Waals surface area contributed by atoms with Crippen molar-refractivity contribution in [1.82, 2.24) is 0 Å². The van der Waals surface area contributed by atoms with Crippen LogP contribution in [0.1, 0.15) is 12.5 Å². The summed E-state index contributed by atoms with van der Waals surface area (Å²) in [5.74, 6) is -1.26. The van der Waals surface area contributed by atoms with Crippen LogP contribution in [0.5, 0.6) is 5.75 Å². The number of azo groups is 2. The Bertz CT molecular complexity index is 2570. The molecule has 268 valence electrons. The number of amides is 2. The van der Waals surface area contributed by atoms with Gasteiger partial charge in [0.05, 0.1) is 27.8 Å². The number of anilines is 2. The van der Waals surface area contributed by atoms with Gasteiger partial charge in [-0.2, -0.15) is 27.1 Å². The van der Waals surface area contributed by atoms with Crippen molar-refractivity contribution in [2.75, 3.05) is 10.6 Å². The average Bonchev–Trinajstić information content (AvgIpc) is 3.04. The fourth-order valence-electron chi connectivity index (χ4n) is 4.66. The van der Waals surface area contributed by atoms with Crippen LogP contribution in [-0.4, -0.2) is 37.9 Å². The minimum absolute atomic E-state index is 0.